The van der Waals surface area contributed by atoms with Crippen molar-refractivity contribution in [2.45, 2.75) is 26.3 Å². The van der Waals surface area contributed by atoms with Crippen LogP contribution in [0.2, 0.25) is 0 Å². The number of nitrogens with zero attached hydrogens (tertiary/aromatic N) is 3. The molecule has 0 saturated carbocycles. The van der Waals surface area contributed by atoms with Crippen molar-refractivity contribution in [2.75, 3.05) is 31.1 Å². The number of halogens is 2. The van der Waals surface area contributed by atoms with Crippen LogP contribution in [0.3, 0.4) is 0 Å². The summed E-state index contributed by atoms with van der Waals surface area (Å²) in [5, 5.41) is 0.556. The number of benzene rings is 1. The van der Waals surface area contributed by atoms with E-state index in [0.29, 0.717) is 11.4 Å². The molecule has 0 spiro atoms. The highest BCUT2D eigenvalue weighted by molar-refractivity contribution is 5.92. The molecular weight excluding hydrogens is 284 g/mol. The van der Waals surface area contributed by atoms with E-state index >= 15 is 0 Å². The summed E-state index contributed by atoms with van der Waals surface area (Å²) in [4.78, 5) is 8.71. The van der Waals surface area contributed by atoms with Crippen molar-refractivity contribution in [1.82, 2.24) is 9.88 Å². The summed E-state index contributed by atoms with van der Waals surface area (Å²) < 4.78 is 27.5. The Hall–Kier alpha value is -1.75. The lowest BCUT2D eigenvalue weighted by molar-refractivity contribution is 0.232. The Morgan fingerprint density at radius 3 is 2.77 bits per heavy atom. The number of rotatable bonds is 4. The molecule has 1 aromatic carbocycles. The van der Waals surface area contributed by atoms with Gasteiger partial charge in [0.25, 0.3) is 0 Å². The molecule has 1 saturated heterocycles. The highest BCUT2D eigenvalue weighted by Gasteiger charge is 2.27. The maximum atomic E-state index is 13.9. The number of fused-ring (bicyclic) bond motifs is 1. The molecule has 3 rings (SSSR count). The van der Waals surface area contributed by atoms with E-state index in [1.807, 2.05) is 6.07 Å². The minimum absolute atomic E-state index is 0.241. The molecule has 0 bridgehead atoms. The van der Waals surface area contributed by atoms with Crippen LogP contribution in [0.5, 0.6) is 0 Å². The second kappa shape index (κ2) is 6.16. The minimum atomic E-state index is -0.601. The quantitative estimate of drug-likeness (QED) is 0.862. The molecule has 1 fully saturated rings. The third-order valence-electron chi connectivity index (χ3n) is 4.57. The summed E-state index contributed by atoms with van der Waals surface area (Å²) in [5.41, 5.74) is 1.11. The molecule has 1 aromatic heterocycles. The molecule has 2 aromatic rings. The van der Waals surface area contributed by atoms with E-state index in [4.69, 9.17) is 0 Å². The zero-order valence-corrected chi connectivity index (χ0v) is 13.0. The van der Waals surface area contributed by atoms with Crippen molar-refractivity contribution in [3.05, 3.63) is 36.0 Å². The predicted octanol–water partition coefficient (Wildman–Crippen LogP) is 3.43. The second-order valence-electron chi connectivity index (χ2n) is 5.72. The normalized spacial score (nSPS) is 18.6. The first-order valence-corrected chi connectivity index (χ1v) is 7.86. The van der Waals surface area contributed by atoms with Crippen molar-refractivity contribution in [2.24, 2.45) is 0 Å². The molecule has 1 aliphatic rings. The first-order chi connectivity index (χ1) is 10.6. The number of pyridine rings is 1. The average molecular weight is 305 g/mol. The third-order valence-corrected chi connectivity index (χ3v) is 4.57. The van der Waals surface area contributed by atoms with E-state index in [9.17, 15) is 8.78 Å². The first-order valence-electron chi connectivity index (χ1n) is 7.86. The molecule has 118 valence electrons. The van der Waals surface area contributed by atoms with E-state index in [2.05, 4.69) is 28.6 Å². The second-order valence-corrected chi connectivity index (χ2v) is 5.72. The third kappa shape index (κ3) is 2.65. The number of hydrogen-bond donors (Lipinski definition) is 0. The summed E-state index contributed by atoms with van der Waals surface area (Å²) in [7, 11) is 0. The molecule has 0 amide bonds. The van der Waals surface area contributed by atoms with Crippen LogP contribution < -0.4 is 4.90 Å². The van der Waals surface area contributed by atoms with Gasteiger partial charge >= 0.3 is 0 Å². The molecule has 22 heavy (non-hydrogen) atoms. The monoisotopic (exact) mass is 305 g/mol. The van der Waals surface area contributed by atoms with Crippen molar-refractivity contribution in [3.63, 3.8) is 0 Å². The zero-order chi connectivity index (χ0) is 15.7. The summed E-state index contributed by atoms with van der Waals surface area (Å²) in [5.74, 6) is -1.16. The van der Waals surface area contributed by atoms with Gasteiger partial charge in [-0.1, -0.05) is 13.8 Å². The van der Waals surface area contributed by atoms with Crippen LogP contribution in [-0.4, -0.2) is 42.1 Å². The van der Waals surface area contributed by atoms with Gasteiger partial charge in [-0.15, -0.1) is 0 Å². The maximum Gasteiger partial charge on any atom is 0.152 e. The van der Waals surface area contributed by atoms with Gasteiger partial charge in [0.05, 0.1) is 0 Å². The molecule has 0 N–H and O–H groups in total. The van der Waals surface area contributed by atoms with Gasteiger partial charge in [-0.05, 0) is 31.6 Å². The van der Waals surface area contributed by atoms with Crippen LogP contribution in [0.25, 0.3) is 10.9 Å². The Morgan fingerprint density at radius 1 is 1.27 bits per heavy atom. The van der Waals surface area contributed by atoms with Gasteiger partial charge in [0.1, 0.15) is 11.3 Å². The smallest absolute Gasteiger partial charge is 0.152 e. The standard InChI is InChI=1S/C17H21F2N3/c1-3-21(4-2)13-6-8-22(11-13)16-5-7-20-17-14(16)9-12(18)10-15(17)19/h5,7,9-10,13H,3-4,6,8,11H2,1-2H3. The van der Waals surface area contributed by atoms with Crippen LogP contribution in [0.1, 0.15) is 20.3 Å². The SMILES string of the molecule is CCN(CC)C1CCN(c2ccnc3c(F)cc(F)cc23)C1. The van der Waals surface area contributed by atoms with Gasteiger partial charge in [-0.2, -0.15) is 0 Å². The number of aromatic nitrogens is 1. The minimum Gasteiger partial charge on any atom is -0.369 e. The van der Waals surface area contributed by atoms with E-state index < -0.39 is 11.6 Å². The molecular formula is C17H21F2N3. The fraction of sp³-hybridized carbons (Fsp3) is 0.471. The van der Waals surface area contributed by atoms with Crippen LogP contribution in [0.15, 0.2) is 24.4 Å². The van der Waals surface area contributed by atoms with Crippen LogP contribution in [-0.2, 0) is 0 Å². The lowest BCUT2D eigenvalue weighted by atomic mass is 10.1. The fourth-order valence-electron chi connectivity index (χ4n) is 3.44. The maximum absolute atomic E-state index is 13.9. The van der Waals surface area contributed by atoms with Gasteiger partial charge in [0.2, 0.25) is 0 Å². The Bertz CT molecular complexity index is 670. The molecule has 0 aliphatic carbocycles. The Labute approximate surface area is 129 Å². The van der Waals surface area contributed by atoms with Crippen molar-refractivity contribution in [3.8, 4) is 0 Å². The molecule has 5 heteroatoms. The predicted molar refractivity (Wildman–Crippen MR) is 85.2 cm³/mol. The number of likely N-dealkylation sites (N-methyl/N-ethyl adjacent to an activating group) is 1. The Balaban J connectivity index is 1.95. The summed E-state index contributed by atoms with van der Waals surface area (Å²) in [6, 6.07) is 4.62. The molecule has 2 heterocycles. The van der Waals surface area contributed by atoms with E-state index in [-0.39, 0.29) is 5.52 Å². The lowest BCUT2D eigenvalue weighted by Gasteiger charge is -2.27. The van der Waals surface area contributed by atoms with E-state index in [1.165, 1.54) is 6.07 Å². The Kier molecular flexibility index (Phi) is 4.25. The molecule has 3 nitrogen and oxygen atoms in total. The van der Waals surface area contributed by atoms with Crippen LogP contribution in [0.4, 0.5) is 14.5 Å². The molecule has 1 aliphatic heterocycles. The highest BCUT2D eigenvalue weighted by Crippen LogP contribution is 2.31. The topological polar surface area (TPSA) is 19.4 Å². The van der Waals surface area contributed by atoms with Gasteiger partial charge in [-0.3, -0.25) is 9.88 Å². The Morgan fingerprint density at radius 2 is 2.05 bits per heavy atom. The molecule has 1 atom stereocenters. The van der Waals surface area contributed by atoms with Crippen molar-refractivity contribution >= 4 is 16.6 Å². The van der Waals surface area contributed by atoms with Crippen molar-refractivity contribution in [1.29, 1.82) is 0 Å². The van der Waals surface area contributed by atoms with E-state index in [0.717, 1.165) is 44.4 Å². The van der Waals surface area contributed by atoms with Gasteiger partial charge in [0.15, 0.2) is 5.82 Å². The number of hydrogen-bond acceptors (Lipinski definition) is 3. The zero-order valence-electron chi connectivity index (χ0n) is 13.0. The summed E-state index contributed by atoms with van der Waals surface area (Å²) in [6.07, 6.45) is 2.67. The summed E-state index contributed by atoms with van der Waals surface area (Å²) in [6.45, 7) is 8.17. The van der Waals surface area contributed by atoms with Crippen LogP contribution >= 0.6 is 0 Å². The molecule has 1 unspecified atom stereocenters. The largest absolute Gasteiger partial charge is 0.369 e. The van der Waals surface area contributed by atoms with Gasteiger partial charge < -0.3 is 4.90 Å². The summed E-state index contributed by atoms with van der Waals surface area (Å²) >= 11 is 0. The average Bonchev–Trinajstić information content (AvgIpc) is 2.97. The lowest BCUT2D eigenvalue weighted by Crippen LogP contribution is -2.37. The van der Waals surface area contributed by atoms with Crippen molar-refractivity contribution < 1.29 is 8.78 Å². The van der Waals surface area contributed by atoms with Gasteiger partial charge in [0, 0.05) is 42.5 Å². The molecule has 0 radical (unpaired) electrons. The number of anilines is 1. The fourth-order valence-corrected chi connectivity index (χ4v) is 3.44. The first kappa shape index (κ1) is 15.2. The van der Waals surface area contributed by atoms with Gasteiger partial charge in [-0.25, -0.2) is 8.78 Å². The van der Waals surface area contributed by atoms with E-state index in [1.54, 1.807) is 6.20 Å². The highest BCUT2D eigenvalue weighted by atomic mass is 19.1. The van der Waals surface area contributed by atoms with Crippen LogP contribution in [0, 0.1) is 11.6 Å².